The minimum atomic E-state index is 0.172. The third kappa shape index (κ3) is 6.62. The predicted octanol–water partition coefficient (Wildman–Crippen LogP) is 2.73. The Balaban J connectivity index is 3.27. The first-order valence-electron chi connectivity index (χ1n) is 5.50. The fourth-order valence-corrected chi connectivity index (χ4v) is 1.12. The van der Waals surface area contributed by atoms with Crippen LogP contribution in [0.5, 0.6) is 0 Å². The van der Waals surface area contributed by atoms with Crippen LogP contribution in [0.15, 0.2) is 0 Å². The summed E-state index contributed by atoms with van der Waals surface area (Å²) in [6.45, 7) is 7.06. The molecule has 0 saturated carbocycles. The Morgan fingerprint density at radius 3 is 2.46 bits per heavy atom. The Labute approximate surface area is 82.1 Å². The molecule has 78 valence electrons. The van der Waals surface area contributed by atoms with Crippen molar-refractivity contribution in [1.82, 2.24) is 5.32 Å². The molecule has 0 fully saturated rings. The lowest BCUT2D eigenvalue weighted by Crippen LogP contribution is -2.29. The maximum atomic E-state index is 11.3. The monoisotopic (exact) mass is 185 g/mol. The number of unbranched alkanes of at least 4 members (excludes halogenated alkanes) is 3. The van der Waals surface area contributed by atoms with E-state index in [4.69, 9.17) is 0 Å². The van der Waals surface area contributed by atoms with E-state index in [2.05, 4.69) is 12.2 Å². The van der Waals surface area contributed by atoms with Crippen LogP contribution in [-0.4, -0.2) is 12.5 Å². The van der Waals surface area contributed by atoms with E-state index in [9.17, 15) is 4.79 Å². The highest BCUT2D eigenvalue weighted by atomic mass is 16.1. The minimum absolute atomic E-state index is 0.172. The normalized spacial score (nSPS) is 12.5. The molecule has 0 saturated heterocycles. The molecule has 0 bridgehead atoms. The fourth-order valence-electron chi connectivity index (χ4n) is 1.12. The smallest absolute Gasteiger partial charge is 0.222 e. The number of rotatable bonds is 7. The second kappa shape index (κ2) is 8.09. The number of carbonyl (C=O) groups excluding carboxylic acids is 1. The average Bonchev–Trinajstić information content (AvgIpc) is 2.16. The van der Waals surface area contributed by atoms with E-state index in [0.717, 1.165) is 19.4 Å². The van der Waals surface area contributed by atoms with Crippen LogP contribution >= 0.6 is 0 Å². The van der Waals surface area contributed by atoms with Gasteiger partial charge < -0.3 is 5.32 Å². The van der Waals surface area contributed by atoms with E-state index in [-0.39, 0.29) is 11.8 Å². The lowest BCUT2D eigenvalue weighted by Gasteiger charge is -2.09. The third-order valence-electron chi connectivity index (χ3n) is 2.39. The van der Waals surface area contributed by atoms with Crippen molar-refractivity contribution < 1.29 is 4.79 Å². The first-order chi connectivity index (χ1) is 6.22. The molecule has 0 aliphatic rings. The lowest BCUT2D eigenvalue weighted by atomic mass is 10.1. The van der Waals surface area contributed by atoms with Gasteiger partial charge in [-0.05, 0) is 12.8 Å². The Morgan fingerprint density at radius 2 is 1.92 bits per heavy atom. The summed E-state index contributed by atoms with van der Waals surface area (Å²) in [6.07, 6.45) is 5.81. The predicted molar refractivity (Wildman–Crippen MR) is 56.6 cm³/mol. The van der Waals surface area contributed by atoms with E-state index in [1.165, 1.54) is 19.3 Å². The van der Waals surface area contributed by atoms with Crippen molar-refractivity contribution in [2.75, 3.05) is 6.54 Å². The maximum absolute atomic E-state index is 11.3. The molecule has 13 heavy (non-hydrogen) atoms. The second-order valence-corrected chi connectivity index (χ2v) is 3.66. The molecule has 0 aliphatic carbocycles. The Morgan fingerprint density at radius 1 is 1.23 bits per heavy atom. The van der Waals surface area contributed by atoms with Crippen molar-refractivity contribution in [2.45, 2.75) is 52.9 Å². The Kier molecular flexibility index (Phi) is 7.76. The molecular formula is C11H23NO. The van der Waals surface area contributed by atoms with Gasteiger partial charge in [-0.3, -0.25) is 4.79 Å². The van der Waals surface area contributed by atoms with Gasteiger partial charge in [0.15, 0.2) is 0 Å². The lowest BCUT2D eigenvalue weighted by molar-refractivity contribution is -0.124. The van der Waals surface area contributed by atoms with Crippen LogP contribution in [-0.2, 0) is 4.79 Å². The van der Waals surface area contributed by atoms with Gasteiger partial charge in [0.1, 0.15) is 0 Å². The van der Waals surface area contributed by atoms with Gasteiger partial charge in [-0.15, -0.1) is 0 Å². The van der Waals surface area contributed by atoms with E-state index < -0.39 is 0 Å². The molecular weight excluding hydrogens is 162 g/mol. The molecule has 1 atom stereocenters. The second-order valence-electron chi connectivity index (χ2n) is 3.66. The molecule has 0 aromatic carbocycles. The van der Waals surface area contributed by atoms with Gasteiger partial charge in [0.2, 0.25) is 5.91 Å². The van der Waals surface area contributed by atoms with Gasteiger partial charge >= 0.3 is 0 Å². The van der Waals surface area contributed by atoms with Crippen LogP contribution in [0.4, 0.5) is 0 Å². The van der Waals surface area contributed by atoms with Gasteiger partial charge in [-0.2, -0.15) is 0 Å². The van der Waals surface area contributed by atoms with Gasteiger partial charge in [0, 0.05) is 12.5 Å². The van der Waals surface area contributed by atoms with Gasteiger partial charge in [0.25, 0.3) is 0 Å². The summed E-state index contributed by atoms with van der Waals surface area (Å²) in [7, 11) is 0. The van der Waals surface area contributed by atoms with Crippen molar-refractivity contribution in [3.63, 3.8) is 0 Å². The molecule has 0 rings (SSSR count). The highest BCUT2D eigenvalue weighted by Crippen LogP contribution is 2.01. The molecule has 0 heterocycles. The van der Waals surface area contributed by atoms with E-state index in [1.807, 2.05) is 13.8 Å². The van der Waals surface area contributed by atoms with Crippen LogP contribution in [0, 0.1) is 5.92 Å². The summed E-state index contributed by atoms with van der Waals surface area (Å²) in [5, 5.41) is 2.95. The zero-order valence-electron chi connectivity index (χ0n) is 9.23. The molecule has 1 unspecified atom stereocenters. The molecule has 1 amide bonds. The van der Waals surface area contributed by atoms with E-state index >= 15 is 0 Å². The molecule has 0 spiro atoms. The number of nitrogens with one attached hydrogen (secondary N) is 1. The third-order valence-corrected chi connectivity index (χ3v) is 2.39. The Hall–Kier alpha value is -0.530. The van der Waals surface area contributed by atoms with Crippen LogP contribution in [0.25, 0.3) is 0 Å². The quantitative estimate of drug-likeness (QED) is 0.607. The van der Waals surface area contributed by atoms with Gasteiger partial charge in [0.05, 0.1) is 0 Å². The number of carbonyl (C=O) groups is 1. The topological polar surface area (TPSA) is 29.1 Å². The number of hydrogen-bond donors (Lipinski definition) is 1. The van der Waals surface area contributed by atoms with Crippen LogP contribution in [0.2, 0.25) is 0 Å². The minimum Gasteiger partial charge on any atom is -0.356 e. The van der Waals surface area contributed by atoms with Crippen molar-refractivity contribution >= 4 is 5.91 Å². The molecule has 1 N–H and O–H groups in total. The van der Waals surface area contributed by atoms with Crippen LogP contribution in [0.1, 0.15) is 52.9 Å². The standard InChI is InChI=1S/C11H23NO/c1-4-6-7-8-9-12-11(13)10(3)5-2/h10H,4-9H2,1-3H3,(H,12,13). The fraction of sp³-hybridized carbons (Fsp3) is 0.909. The van der Waals surface area contributed by atoms with E-state index in [1.54, 1.807) is 0 Å². The summed E-state index contributed by atoms with van der Waals surface area (Å²) in [6, 6.07) is 0. The highest BCUT2D eigenvalue weighted by molar-refractivity contribution is 5.78. The summed E-state index contributed by atoms with van der Waals surface area (Å²) in [5.41, 5.74) is 0. The average molecular weight is 185 g/mol. The SMILES string of the molecule is CCCCCCNC(=O)C(C)CC. The summed E-state index contributed by atoms with van der Waals surface area (Å²) in [4.78, 5) is 11.3. The number of amides is 1. The van der Waals surface area contributed by atoms with E-state index in [0.29, 0.717) is 0 Å². The summed E-state index contributed by atoms with van der Waals surface area (Å²) in [5.74, 6) is 0.380. The van der Waals surface area contributed by atoms with Crippen molar-refractivity contribution in [3.8, 4) is 0 Å². The van der Waals surface area contributed by atoms with Crippen molar-refractivity contribution in [1.29, 1.82) is 0 Å². The zero-order valence-corrected chi connectivity index (χ0v) is 9.23. The highest BCUT2D eigenvalue weighted by Gasteiger charge is 2.08. The van der Waals surface area contributed by atoms with Crippen LogP contribution < -0.4 is 5.32 Å². The van der Waals surface area contributed by atoms with Crippen molar-refractivity contribution in [2.24, 2.45) is 5.92 Å². The molecule has 0 aromatic rings. The molecule has 2 heteroatoms. The Bertz CT molecular complexity index is 134. The molecule has 0 aromatic heterocycles. The molecule has 0 aliphatic heterocycles. The largest absolute Gasteiger partial charge is 0.356 e. The van der Waals surface area contributed by atoms with Gasteiger partial charge in [-0.1, -0.05) is 40.0 Å². The summed E-state index contributed by atoms with van der Waals surface area (Å²) < 4.78 is 0. The van der Waals surface area contributed by atoms with Crippen molar-refractivity contribution in [3.05, 3.63) is 0 Å². The number of hydrogen-bond acceptors (Lipinski definition) is 1. The molecule has 0 radical (unpaired) electrons. The summed E-state index contributed by atoms with van der Waals surface area (Å²) >= 11 is 0. The first kappa shape index (κ1) is 12.5. The van der Waals surface area contributed by atoms with Crippen LogP contribution in [0.3, 0.4) is 0 Å². The molecule has 2 nitrogen and oxygen atoms in total. The zero-order chi connectivity index (χ0) is 10.1. The van der Waals surface area contributed by atoms with Gasteiger partial charge in [-0.25, -0.2) is 0 Å². The maximum Gasteiger partial charge on any atom is 0.222 e. The first-order valence-corrected chi connectivity index (χ1v) is 5.50.